The van der Waals surface area contributed by atoms with E-state index in [4.69, 9.17) is 53.1 Å². The Morgan fingerprint density at radius 3 is 0.717 bits per heavy atom. The Morgan fingerprint density at radius 1 is 0.391 bits per heavy atom. The molecule has 8 aromatic carbocycles. The van der Waals surface area contributed by atoms with Crippen molar-refractivity contribution in [3.63, 3.8) is 0 Å². The van der Waals surface area contributed by atoms with E-state index >= 15 is 0 Å². The van der Waals surface area contributed by atoms with Gasteiger partial charge in [-0.25, -0.2) is 57.4 Å². The molecule has 92 heavy (non-hydrogen) atoms. The van der Waals surface area contributed by atoms with E-state index in [1.807, 2.05) is 224 Å². The smallest absolute Gasteiger partial charge is 0.230 e. The Hall–Kier alpha value is -9.48. The van der Waals surface area contributed by atoms with Crippen LogP contribution < -0.4 is 49.3 Å². The van der Waals surface area contributed by atoms with Crippen LogP contribution in [0.2, 0.25) is 0 Å². The number of nitrogens with zero attached hydrogens (tertiary/aromatic N) is 2. The van der Waals surface area contributed by atoms with Crippen molar-refractivity contribution in [1.29, 1.82) is 16.1 Å². The topological polar surface area (TPSA) is 349 Å². The Balaban J connectivity index is 0. The Morgan fingerprint density at radius 2 is 0.587 bits per heavy atom. The maximum atomic E-state index is 10.1. The van der Waals surface area contributed by atoms with E-state index in [2.05, 4.69) is 23.7 Å². The van der Waals surface area contributed by atoms with Crippen LogP contribution in [0.3, 0.4) is 0 Å². The maximum Gasteiger partial charge on any atom is 0.230 e. The van der Waals surface area contributed by atoms with Crippen molar-refractivity contribution in [2.75, 3.05) is 64.8 Å². The largest absolute Gasteiger partial charge is 0.458 e. The number of rotatable bonds is 18. The number of nitrogen functional groups attached to an aromatic ring is 2. The number of nitrogens with two attached hydrogens (primary N) is 2. The quantitative estimate of drug-likeness (QED) is 0.0171. The fraction of sp³-hybridized carbons (Fsp3) is 0.212. The summed E-state index contributed by atoms with van der Waals surface area (Å²) in [6.07, 6.45) is 4.54. The fourth-order valence-corrected chi connectivity index (χ4v) is 7.79. The summed E-state index contributed by atoms with van der Waals surface area (Å²) in [6.45, 7) is 15.9. The van der Waals surface area contributed by atoms with E-state index in [1.54, 1.807) is 52.0 Å². The third-order valence-electron chi connectivity index (χ3n) is 9.46. The van der Waals surface area contributed by atoms with Gasteiger partial charge in [-0.1, -0.05) is 210 Å². The molecule has 0 saturated carbocycles. The first-order valence-electron chi connectivity index (χ1n) is 27.8. The summed E-state index contributed by atoms with van der Waals surface area (Å²) in [5, 5.41) is 22.3. The van der Waals surface area contributed by atoms with E-state index in [0.717, 1.165) is 59.1 Å². The van der Waals surface area contributed by atoms with Gasteiger partial charge in [0.25, 0.3) is 0 Å². The van der Waals surface area contributed by atoms with Crippen LogP contribution in [0.25, 0.3) is 4.85 Å². The zero-order valence-corrected chi connectivity index (χ0v) is 56.2. The van der Waals surface area contributed by atoms with Gasteiger partial charge in [0.2, 0.25) is 53.7 Å². The molecule has 0 aromatic heterocycles. The molecule has 22 nitrogen and oxygen atoms in total. The first-order chi connectivity index (χ1) is 43.6. The van der Waals surface area contributed by atoms with Crippen molar-refractivity contribution < 1.29 is 52.6 Å². The summed E-state index contributed by atoms with van der Waals surface area (Å²) in [5.41, 5.74) is 13.4. The molecule has 8 rings (SSSR count). The molecule has 0 unspecified atom stereocenters. The van der Waals surface area contributed by atoms with Crippen molar-refractivity contribution in [2.24, 2.45) is 11.5 Å². The van der Waals surface area contributed by atoms with E-state index < -0.39 is 40.1 Å². The van der Waals surface area contributed by atoms with Gasteiger partial charge in [0.1, 0.15) is 34.7 Å². The number of amidine groups is 2. The van der Waals surface area contributed by atoms with Crippen LogP contribution in [-0.2, 0) is 40.1 Å². The zero-order chi connectivity index (χ0) is 69.4. The molecule has 0 atom stereocenters. The van der Waals surface area contributed by atoms with Crippen molar-refractivity contribution in [1.82, 2.24) is 18.9 Å². The monoisotopic (exact) mass is 1340 g/mol. The number of sulfonamides is 4. The standard InChI is InChI=1S/2C13H12O2.2C7H8N2.2C7H5N.4C3H9NO2S/c2*1-3-7-12(8-4-1)14-11-15-13-9-5-2-6-10-13;2*8-7(9)6-4-2-1-3-5-6;1-8-7-5-3-2-4-6-7;8-6-7-4-2-1-3-5-7;4*1-3-4-7(2,5)6/h2*1-10H,11H2;2*1-5H,(H3,8,9);2-6H;1-5H;4*4H,3H2,1-2H3. The van der Waals surface area contributed by atoms with Crippen LogP contribution >= 0.6 is 0 Å². The molecule has 0 heterocycles. The van der Waals surface area contributed by atoms with Crippen LogP contribution in [0, 0.1) is 28.7 Å². The maximum absolute atomic E-state index is 10.1. The van der Waals surface area contributed by atoms with Crippen LogP contribution in [0.5, 0.6) is 23.0 Å². The highest BCUT2D eigenvalue weighted by molar-refractivity contribution is 7.89. The average Bonchev–Trinajstić information content (AvgIpc) is 3.58. The van der Waals surface area contributed by atoms with Gasteiger partial charge in [-0.05, 0) is 60.7 Å². The van der Waals surface area contributed by atoms with Gasteiger partial charge in [-0.2, -0.15) is 5.26 Å². The molecule has 0 aliphatic carbocycles. The van der Waals surface area contributed by atoms with Gasteiger partial charge >= 0.3 is 0 Å². The molecule has 26 heteroatoms. The van der Waals surface area contributed by atoms with Crippen molar-refractivity contribution in [3.8, 4) is 29.1 Å². The molecule has 10 N–H and O–H groups in total. The van der Waals surface area contributed by atoms with Crippen LogP contribution in [0.15, 0.2) is 243 Å². The second-order valence-electron chi connectivity index (χ2n) is 17.6. The molecule has 0 radical (unpaired) electrons. The normalized spacial score (nSPS) is 9.80. The number of hydrogen-bond donors (Lipinski definition) is 8. The molecule has 496 valence electrons. The third-order valence-corrected chi connectivity index (χ3v) is 12.7. The molecule has 0 aliphatic rings. The zero-order valence-electron chi connectivity index (χ0n) is 52.9. The molecule has 0 amide bonds. The third kappa shape index (κ3) is 57.0. The number of para-hydroxylation sites is 5. The van der Waals surface area contributed by atoms with Gasteiger partial charge in [-0.3, -0.25) is 10.8 Å². The highest BCUT2D eigenvalue weighted by Crippen LogP contribution is 2.13. The molecule has 8 aromatic rings. The lowest BCUT2D eigenvalue weighted by Gasteiger charge is -2.07. The lowest BCUT2D eigenvalue weighted by atomic mass is 10.2. The first-order valence-corrected chi connectivity index (χ1v) is 35.3. The lowest BCUT2D eigenvalue weighted by Crippen LogP contribution is -2.20. The van der Waals surface area contributed by atoms with Gasteiger partial charge in [0.15, 0.2) is 5.69 Å². The molecule has 0 spiro atoms. The molecule has 0 bridgehead atoms. The average molecular weight is 1340 g/mol. The summed E-state index contributed by atoms with van der Waals surface area (Å²) < 4.78 is 112. The number of benzene rings is 8. The highest BCUT2D eigenvalue weighted by Gasteiger charge is 1.98. The lowest BCUT2D eigenvalue weighted by molar-refractivity contribution is 0.119. The van der Waals surface area contributed by atoms with E-state index in [9.17, 15) is 33.7 Å². The first kappa shape index (κ1) is 84.6. The van der Waals surface area contributed by atoms with E-state index in [0.29, 0.717) is 37.4 Å². The summed E-state index contributed by atoms with van der Waals surface area (Å²) >= 11 is 0. The summed E-state index contributed by atoms with van der Waals surface area (Å²) in [5.74, 6) is 3.50. The number of nitrogens with one attached hydrogen (secondary N) is 6. The van der Waals surface area contributed by atoms with Crippen molar-refractivity contribution in [2.45, 2.75) is 27.7 Å². The molecular formula is C66H86N10O12S4. The number of ether oxygens (including phenoxy) is 4. The van der Waals surface area contributed by atoms with E-state index in [1.165, 1.54) is 0 Å². The van der Waals surface area contributed by atoms with Crippen LogP contribution in [-0.4, -0.2) is 110 Å². The minimum atomic E-state index is -2.92. The Labute approximate surface area is 545 Å². The van der Waals surface area contributed by atoms with Crippen molar-refractivity contribution >= 4 is 57.5 Å². The van der Waals surface area contributed by atoms with Crippen LogP contribution in [0.4, 0.5) is 5.69 Å². The minimum absolute atomic E-state index is 0.121. The Bertz CT molecular complexity index is 3310. The predicted octanol–water partition coefficient (Wildman–Crippen LogP) is 10.2. The molecule has 0 aliphatic heterocycles. The minimum Gasteiger partial charge on any atom is -0.458 e. The molecular weight excluding hydrogens is 1250 g/mol. The predicted molar refractivity (Wildman–Crippen MR) is 371 cm³/mol. The van der Waals surface area contributed by atoms with Gasteiger partial charge in [0, 0.05) is 37.3 Å². The summed E-state index contributed by atoms with van der Waals surface area (Å²) in [6, 6.07) is 77.2. The second kappa shape index (κ2) is 52.3. The van der Waals surface area contributed by atoms with Crippen molar-refractivity contribution in [3.05, 3.63) is 271 Å². The summed E-state index contributed by atoms with van der Waals surface area (Å²) in [4.78, 5) is 3.22. The van der Waals surface area contributed by atoms with Gasteiger partial charge in [0.05, 0.1) is 43.2 Å². The van der Waals surface area contributed by atoms with Gasteiger partial charge < -0.3 is 30.4 Å². The number of nitriles is 1. The van der Waals surface area contributed by atoms with E-state index in [-0.39, 0.29) is 25.3 Å². The number of hydrogen-bond acceptors (Lipinski definition) is 15. The van der Waals surface area contributed by atoms with Gasteiger partial charge in [-0.15, -0.1) is 0 Å². The SMILES string of the molecule is CCNS(C)(=O)=O.CCNS(C)(=O)=O.CCNS(C)(=O)=O.CCNS(C)(=O)=O.N#Cc1ccccc1.N=C(N)c1ccccc1.N=C(N)c1ccccc1.[C-]#[N+]c1ccccc1.c1ccc(OCOc2ccccc2)cc1.c1ccc(OCOc2ccccc2)cc1. The molecule has 0 fully saturated rings. The fourth-order valence-electron chi connectivity index (χ4n) is 5.70. The Kier molecular flexibility index (Phi) is 48.1. The molecule has 0 saturated heterocycles. The second-order valence-corrected chi connectivity index (χ2v) is 25.0. The highest BCUT2D eigenvalue weighted by atomic mass is 32.2. The summed E-state index contributed by atoms with van der Waals surface area (Å²) in [7, 11) is -11.7. The van der Waals surface area contributed by atoms with Crippen LogP contribution in [0.1, 0.15) is 44.4 Å².